The zero-order valence-corrected chi connectivity index (χ0v) is 82.5. The number of halogens is 11. The zero-order chi connectivity index (χ0) is 103. The van der Waals surface area contributed by atoms with Crippen molar-refractivity contribution in [3.05, 3.63) is 211 Å². The molecule has 38 heteroatoms. The molecule has 3 amide bonds. The highest BCUT2D eigenvalue weighted by Gasteiger charge is 2.49. The first kappa shape index (κ1) is 104. The van der Waals surface area contributed by atoms with E-state index in [1.54, 1.807) is 86.4 Å². The SMILES string of the molecule is CCOC(=O)C[C@@H]1CCc2cc(OC)c(-c3cnc(N4CCC4)nc3CN3C(=O)O[C@H](c4cc(C)cc(C(F)(F)F)c4)[C@@H]3C)cc21.COC(=O)C1CCC(c2ccc(OC)c(-c3cnc(N4CC(F)(F)C4)nc3CN3C(=O)O[C@H](c4cc(C)cc(C(F)(F)F)c4)[C@@H]3C)c2)CC1.COc1ccc(CC(C)(C)C(=O)OC(C)(C)C)cc1-c1cnc(N2CCC2)nc1CN1C(=O)O[C@H](c2cc(C)cc(C(F)(F)F)c2)[C@@H]1C. The van der Waals surface area contributed by atoms with Crippen LogP contribution >= 0.6 is 0 Å². The van der Waals surface area contributed by atoms with Gasteiger partial charge in [0.25, 0.3) is 5.92 Å². The molecule has 9 heterocycles. The summed E-state index contributed by atoms with van der Waals surface area (Å²) in [6, 6.07) is 24.6. The molecule has 0 unspecified atom stereocenters. The molecule has 8 aliphatic rings. The van der Waals surface area contributed by atoms with E-state index in [2.05, 4.69) is 19.9 Å². The number of anilines is 3. The van der Waals surface area contributed by atoms with E-state index in [0.717, 1.165) is 129 Å². The Morgan fingerprint density at radius 1 is 0.476 bits per heavy atom. The third-order valence-corrected chi connectivity index (χ3v) is 27.4. The molecule has 27 nitrogen and oxygen atoms in total. The maximum Gasteiger partial charge on any atom is 0.416 e. The quantitative estimate of drug-likeness (QED) is 0.0276. The first-order valence-electron chi connectivity index (χ1n) is 47.7. The fraction of sp³-hybridized carbons (Fsp3) is 0.486. The molecule has 764 valence electrons. The van der Waals surface area contributed by atoms with E-state index in [9.17, 15) is 77.1 Å². The number of rotatable bonds is 26. The number of alkyl halides is 11. The van der Waals surface area contributed by atoms with Gasteiger partial charge in [0.15, 0.2) is 0 Å². The average Bonchev–Trinajstić information content (AvgIpc) is 1.32. The third kappa shape index (κ3) is 23.4. The number of hydrogen-bond donors (Lipinski definition) is 0. The number of carbonyl (C=O) groups excluding carboxylic acids is 6. The minimum Gasteiger partial charge on any atom is -0.496 e. The van der Waals surface area contributed by atoms with Crippen LogP contribution in [0, 0.1) is 32.1 Å². The molecule has 0 radical (unpaired) electrons. The molecule has 7 fully saturated rings. The molecule has 7 atom stereocenters. The monoisotopic (exact) mass is 1990 g/mol. The summed E-state index contributed by atoms with van der Waals surface area (Å²) in [6.45, 7) is 23.2. The number of methoxy groups -OCH3 is 4. The van der Waals surface area contributed by atoms with Gasteiger partial charge in [0.1, 0.15) is 41.2 Å². The van der Waals surface area contributed by atoms with Crippen molar-refractivity contribution in [2.75, 3.05) is 89.0 Å². The average molecular weight is 2000 g/mol. The van der Waals surface area contributed by atoms with Crippen LogP contribution in [0.3, 0.4) is 0 Å². The fourth-order valence-corrected chi connectivity index (χ4v) is 19.6. The van der Waals surface area contributed by atoms with Gasteiger partial charge in [-0.15, -0.1) is 0 Å². The Hall–Kier alpha value is -13.2. The van der Waals surface area contributed by atoms with Gasteiger partial charge >= 0.3 is 54.7 Å². The standard InChI is InChI=1S/C36H43F3N4O5.C35H37F5N4O5.C34H37F3N4O5/c1-21-14-24(17-25(15-21)36(37,38)39)30-22(2)43(33(45)47-30)20-28-27(19-40-32(41-28)42-12-9-13-42)26-16-23(10-11-29(26)46-8)18-35(6,7)31(44)48-34(3,4)5;1-19-11-24(13-25(12-19)35(38,39)40)30-20(2)44(33(46)49-30)16-28-27(15-41-32(42-28)43-17-34(36,37)18-43)26-14-23(9-10-29(26)47-3)21-5-7-22(8-6-21)31(45)48-4;1-5-45-30(42)15-22-8-7-21-14-29(44-4)26(16-25(21)22)27-17-38-32(40-9-6-10-40)39-28(27)18-41-20(3)31(46-33(41)43)23-11-19(2)12-24(13-23)34(35,36)37/h10-11,14-17,19,22,30H,9,12-13,18,20H2,1-8H3;9-15,20-22,30H,5-8,16-18H2,1-4H3;11-14,16-17,20,22,31H,5-10,15,18H2,1-4H3/t22-,30-;20-,21?,22?,30-;20-,22-,31-/m000/s1. The molecule has 3 aromatic heterocycles. The van der Waals surface area contributed by atoms with Crippen LogP contribution in [0.2, 0.25) is 0 Å². The first-order valence-corrected chi connectivity index (χ1v) is 47.7. The number of amides is 3. The van der Waals surface area contributed by atoms with E-state index in [-0.39, 0.29) is 84.4 Å². The van der Waals surface area contributed by atoms with E-state index in [4.69, 9.17) is 52.6 Å². The second-order valence-corrected chi connectivity index (χ2v) is 39.5. The van der Waals surface area contributed by atoms with Crippen molar-refractivity contribution in [1.82, 2.24) is 44.6 Å². The lowest BCUT2D eigenvalue weighted by molar-refractivity contribution is -0.165. The van der Waals surface area contributed by atoms with Crippen LogP contribution in [0.15, 0.2) is 122 Å². The van der Waals surface area contributed by atoms with Gasteiger partial charge in [-0.2, -0.15) is 39.5 Å². The van der Waals surface area contributed by atoms with Crippen LogP contribution < -0.4 is 28.9 Å². The summed E-state index contributed by atoms with van der Waals surface area (Å²) in [7, 11) is 6.04. The minimum absolute atomic E-state index is 0.00584. The number of cyclic esters (lactones) is 3. The van der Waals surface area contributed by atoms with E-state index >= 15 is 0 Å². The third-order valence-electron chi connectivity index (χ3n) is 27.4. The van der Waals surface area contributed by atoms with Gasteiger partial charge in [0.05, 0.1) is 137 Å². The van der Waals surface area contributed by atoms with Crippen molar-refractivity contribution in [1.29, 1.82) is 0 Å². The number of aryl methyl sites for hydroxylation is 4. The smallest absolute Gasteiger partial charge is 0.416 e. The van der Waals surface area contributed by atoms with Crippen molar-refractivity contribution in [2.45, 2.75) is 245 Å². The van der Waals surface area contributed by atoms with Crippen molar-refractivity contribution in [3.8, 4) is 50.6 Å². The van der Waals surface area contributed by atoms with Gasteiger partial charge in [0.2, 0.25) is 17.8 Å². The molecule has 17 rings (SSSR count). The van der Waals surface area contributed by atoms with Gasteiger partial charge in [-0.05, 0) is 264 Å². The summed E-state index contributed by atoms with van der Waals surface area (Å²) in [6.07, 6.45) is -6.33. The molecule has 0 spiro atoms. The Labute approximate surface area is 821 Å². The molecular formula is C105H117F11N12O15. The van der Waals surface area contributed by atoms with Gasteiger partial charge in [-0.1, -0.05) is 47.0 Å². The van der Waals surface area contributed by atoms with Crippen molar-refractivity contribution in [3.63, 3.8) is 0 Å². The predicted molar refractivity (Wildman–Crippen MR) is 506 cm³/mol. The van der Waals surface area contributed by atoms with Gasteiger partial charge in [0, 0.05) is 78.2 Å². The topological polar surface area (TPSA) is 282 Å². The highest BCUT2D eigenvalue weighted by molar-refractivity contribution is 5.81. The summed E-state index contributed by atoms with van der Waals surface area (Å²) in [5.74, 6) is -0.872. The molecule has 0 N–H and O–H groups in total. The Morgan fingerprint density at radius 3 is 1.26 bits per heavy atom. The second-order valence-electron chi connectivity index (χ2n) is 39.5. The predicted octanol–water partition coefficient (Wildman–Crippen LogP) is 21.9. The maximum absolute atomic E-state index is 13.8. The molecule has 143 heavy (non-hydrogen) atoms. The first-order chi connectivity index (χ1) is 67.5. The normalized spacial score (nSPS) is 20.9. The lowest BCUT2D eigenvalue weighted by atomic mass is 9.78. The Bertz CT molecular complexity index is 6270. The Balaban J connectivity index is 0.000000162. The highest BCUT2D eigenvalue weighted by atomic mass is 19.4. The molecule has 0 bridgehead atoms. The van der Waals surface area contributed by atoms with E-state index in [1.165, 1.54) is 46.9 Å². The number of ether oxygens (including phenoxy) is 9. The minimum atomic E-state index is -4.58. The number of nitrogens with zero attached hydrogens (tertiary/aromatic N) is 12. The van der Waals surface area contributed by atoms with E-state index < -0.39 is 120 Å². The van der Waals surface area contributed by atoms with Crippen LogP contribution in [0.4, 0.5) is 80.5 Å². The number of fused-ring (bicyclic) bond motifs is 1. The van der Waals surface area contributed by atoms with Crippen LogP contribution in [0.5, 0.6) is 17.2 Å². The van der Waals surface area contributed by atoms with Crippen molar-refractivity contribution in [2.24, 2.45) is 11.3 Å². The van der Waals surface area contributed by atoms with Gasteiger partial charge < -0.3 is 57.3 Å². The van der Waals surface area contributed by atoms with E-state index in [0.29, 0.717) is 117 Å². The molecule has 6 saturated heterocycles. The fourth-order valence-electron chi connectivity index (χ4n) is 19.6. The van der Waals surface area contributed by atoms with Crippen molar-refractivity contribution < 1.29 is 120 Å². The molecule has 6 aromatic carbocycles. The van der Waals surface area contributed by atoms with Crippen LogP contribution in [0.25, 0.3) is 33.4 Å². The van der Waals surface area contributed by atoms with Gasteiger partial charge in [-0.3, -0.25) is 29.1 Å². The molecular weight excluding hydrogens is 1880 g/mol. The largest absolute Gasteiger partial charge is 0.496 e. The zero-order valence-electron chi connectivity index (χ0n) is 82.5. The van der Waals surface area contributed by atoms with E-state index in [1.807, 2.05) is 92.9 Å². The number of esters is 3. The number of carbonyl (C=O) groups is 6. The lowest BCUT2D eigenvalue weighted by Crippen LogP contribution is -2.57. The molecule has 9 aromatic rings. The number of benzene rings is 6. The number of aromatic nitrogens is 6. The molecule has 2 aliphatic carbocycles. The second kappa shape index (κ2) is 41.6. The molecule has 1 saturated carbocycles. The van der Waals surface area contributed by atoms with Crippen molar-refractivity contribution >= 4 is 54.0 Å². The summed E-state index contributed by atoms with van der Waals surface area (Å²) in [4.78, 5) is 115. The van der Waals surface area contributed by atoms with Crippen LogP contribution in [-0.4, -0.2) is 185 Å². The highest BCUT2D eigenvalue weighted by Crippen LogP contribution is 2.50. The van der Waals surface area contributed by atoms with Crippen LogP contribution in [-0.2, 0) is 93.8 Å². The van der Waals surface area contributed by atoms with Gasteiger partial charge in [-0.25, -0.2) is 53.1 Å². The summed E-state index contributed by atoms with van der Waals surface area (Å²) < 4.78 is 200. The Kier molecular flexibility index (Phi) is 30.3. The molecule has 6 aliphatic heterocycles. The maximum atomic E-state index is 13.8. The Morgan fingerprint density at radius 2 is 0.881 bits per heavy atom. The van der Waals surface area contributed by atoms with Crippen LogP contribution in [0.1, 0.15) is 233 Å². The summed E-state index contributed by atoms with van der Waals surface area (Å²) in [5, 5.41) is 0. The summed E-state index contributed by atoms with van der Waals surface area (Å²) >= 11 is 0. The number of hydrogen-bond acceptors (Lipinski definition) is 24. The summed E-state index contributed by atoms with van der Waals surface area (Å²) in [5.41, 5.74) is 7.30. The lowest BCUT2D eigenvalue weighted by Gasteiger charge is -2.38.